The topological polar surface area (TPSA) is 39.7 Å². The van der Waals surface area contributed by atoms with Crippen molar-refractivity contribution in [3.63, 3.8) is 0 Å². The molecule has 1 aromatic rings. The maximum Gasteiger partial charge on any atom is 0.163 e. The summed E-state index contributed by atoms with van der Waals surface area (Å²) in [7, 11) is 0. The first-order valence-corrected chi connectivity index (χ1v) is 6.89. The lowest BCUT2D eigenvalue weighted by Crippen LogP contribution is -2.34. The zero-order valence-electron chi connectivity index (χ0n) is 11.5. The summed E-state index contributed by atoms with van der Waals surface area (Å²) in [5.74, 6) is -0.497. The first-order chi connectivity index (χ1) is 9.16. The Morgan fingerprint density at radius 1 is 1.16 bits per heavy atom. The van der Waals surface area contributed by atoms with Crippen molar-refractivity contribution in [3.05, 3.63) is 35.4 Å². The Kier molecular flexibility index (Phi) is 3.58. The lowest BCUT2D eigenvalue weighted by Gasteiger charge is -2.27. The molecule has 2 aliphatic rings. The van der Waals surface area contributed by atoms with Gasteiger partial charge in [-0.3, -0.25) is 0 Å². The van der Waals surface area contributed by atoms with Crippen molar-refractivity contribution in [3.8, 4) is 0 Å². The molecule has 0 amide bonds. The molecule has 1 aromatic carbocycles. The van der Waals surface area contributed by atoms with Crippen molar-refractivity contribution < 1.29 is 14.2 Å². The summed E-state index contributed by atoms with van der Waals surface area (Å²) in [5.41, 5.74) is 2.39. The van der Waals surface area contributed by atoms with Crippen molar-refractivity contribution >= 4 is 0 Å². The van der Waals surface area contributed by atoms with E-state index in [1.54, 1.807) is 0 Å². The lowest BCUT2D eigenvalue weighted by molar-refractivity contribution is -0.139. The number of rotatable bonds is 2. The average Bonchev–Trinajstić information content (AvgIpc) is 2.80. The molecule has 0 radical (unpaired) electrons. The van der Waals surface area contributed by atoms with Crippen LogP contribution in [0.4, 0.5) is 0 Å². The van der Waals surface area contributed by atoms with Crippen LogP contribution >= 0.6 is 0 Å². The molecule has 4 heteroatoms. The Balaban J connectivity index is 1.85. The molecule has 0 aromatic heterocycles. The van der Waals surface area contributed by atoms with Gasteiger partial charge < -0.3 is 19.5 Å². The fourth-order valence-electron chi connectivity index (χ4n) is 2.70. The Bertz CT molecular complexity index is 441. The molecule has 104 valence electrons. The molecule has 19 heavy (non-hydrogen) atoms. The number of nitrogens with one attached hydrogen (secondary N) is 1. The minimum absolute atomic E-state index is 0.00303. The standard InChI is InChI=1S/C15H21NO3/c1-15(2)18-10-14(19-15)12-6-4-3-5-11(12)13-9-16-7-8-17-13/h3-6,13-14,16H,7-10H2,1-2H3. The second-order valence-corrected chi connectivity index (χ2v) is 5.51. The van der Waals surface area contributed by atoms with Crippen molar-refractivity contribution in [1.29, 1.82) is 0 Å². The lowest BCUT2D eigenvalue weighted by atomic mass is 9.97. The maximum absolute atomic E-state index is 5.97. The van der Waals surface area contributed by atoms with E-state index in [9.17, 15) is 0 Å². The molecule has 0 saturated carbocycles. The van der Waals surface area contributed by atoms with Crippen LogP contribution in [0.5, 0.6) is 0 Å². The van der Waals surface area contributed by atoms with Crippen LogP contribution in [0.1, 0.15) is 37.2 Å². The minimum atomic E-state index is -0.497. The van der Waals surface area contributed by atoms with Crippen LogP contribution in [0.2, 0.25) is 0 Å². The highest BCUT2D eigenvalue weighted by molar-refractivity contribution is 5.32. The molecule has 2 atom stereocenters. The molecule has 3 rings (SSSR count). The summed E-state index contributed by atoms with van der Waals surface area (Å²) in [6, 6.07) is 8.34. The van der Waals surface area contributed by atoms with Gasteiger partial charge in [0.05, 0.1) is 19.3 Å². The van der Waals surface area contributed by atoms with Crippen LogP contribution < -0.4 is 5.32 Å². The molecule has 2 saturated heterocycles. The number of ether oxygens (including phenoxy) is 3. The Labute approximate surface area is 114 Å². The quantitative estimate of drug-likeness (QED) is 0.887. The fourth-order valence-corrected chi connectivity index (χ4v) is 2.70. The van der Waals surface area contributed by atoms with Gasteiger partial charge in [0.25, 0.3) is 0 Å². The first-order valence-electron chi connectivity index (χ1n) is 6.89. The van der Waals surface area contributed by atoms with Gasteiger partial charge in [0.15, 0.2) is 5.79 Å². The third-order valence-electron chi connectivity index (χ3n) is 3.63. The number of morpholine rings is 1. The Hall–Kier alpha value is -0.940. The minimum Gasteiger partial charge on any atom is -0.371 e. The van der Waals surface area contributed by atoms with Gasteiger partial charge >= 0.3 is 0 Å². The van der Waals surface area contributed by atoms with E-state index in [4.69, 9.17) is 14.2 Å². The SMILES string of the molecule is CC1(C)OCC(c2ccccc2C2CNCCO2)O1. The van der Waals surface area contributed by atoms with E-state index >= 15 is 0 Å². The average molecular weight is 263 g/mol. The zero-order valence-corrected chi connectivity index (χ0v) is 11.5. The largest absolute Gasteiger partial charge is 0.371 e. The molecule has 2 heterocycles. The third-order valence-corrected chi connectivity index (χ3v) is 3.63. The molecule has 2 fully saturated rings. The molecule has 2 aliphatic heterocycles. The van der Waals surface area contributed by atoms with Gasteiger partial charge in [-0.05, 0) is 25.0 Å². The van der Waals surface area contributed by atoms with Gasteiger partial charge in [0.2, 0.25) is 0 Å². The van der Waals surface area contributed by atoms with Crippen LogP contribution in [0.25, 0.3) is 0 Å². The smallest absolute Gasteiger partial charge is 0.163 e. The van der Waals surface area contributed by atoms with Gasteiger partial charge in [-0.15, -0.1) is 0 Å². The molecular weight excluding hydrogens is 242 g/mol. The Morgan fingerprint density at radius 3 is 2.47 bits per heavy atom. The van der Waals surface area contributed by atoms with Crippen molar-refractivity contribution in [2.45, 2.75) is 31.8 Å². The van der Waals surface area contributed by atoms with E-state index in [1.165, 1.54) is 11.1 Å². The second kappa shape index (κ2) is 5.21. The summed E-state index contributed by atoms with van der Waals surface area (Å²) >= 11 is 0. The van der Waals surface area contributed by atoms with Crippen LogP contribution in [-0.4, -0.2) is 32.1 Å². The fraction of sp³-hybridized carbons (Fsp3) is 0.600. The summed E-state index contributed by atoms with van der Waals surface area (Å²) < 4.78 is 17.5. The van der Waals surface area contributed by atoms with E-state index in [-0.39, 0.29) is 12.2 Å². The van der Waals surface area contributed by atoms with Gasteiger partial charge in [0.1, 0.15) is 6.10 Å². The van der Waals surface area contributed by atoms with Crippen LogP contribution in [0.3, 0.4) is 0 Å². The molecule has 2 unspecified atom stereocenters. The van der Waals surface area contributed by atoms with Gasteiger partial charge in [-0.1, -0.05) is 24.3 Å². The van der Waals surface area contributed by atoms with Crippen LogP contribution in [0.15, 0.2) is 24.3 Å². The van der Waals surface area contributed by atoms with Crippen LogP contribution in [0, 0.1) is 0 Å². The van der Waals surface area contributed by atoms with Gasteiger partial charge in [-0.25, -0.2) is 0 Å². The number of hydrogen-bond acceptors (Lipinski definition) is 4. The predicted octanol–water partition coefficient (Wildman–Crippen LogP) is 2.17. The highest BCUT2D eigenvalue weighted by Gasteiger charge is 2.35. The molecule has 4 nitrogen and oxygen atoms in total. The van der Waals surface area contributed by atoms with E-state index in [0.717, 1.165) is 19.7 Å². The molecule has 1 N–H and O–H groups in total. The monoisotopic (exact) mass is 263 g/mol. The molecule has 0 aliphatic carbocycles. The highest BCUT2D eigenvalue weighted by atomic mass is 16.7. The summed E-state index contributed by atoms with van der Waals surface area (Å²) in [6.45, 7) is 7.04. The van der Waals surface area contributed by atoms with E-state index in [2.05, 4.69) is 23.5 Å². The second-order valence-electron chi connectivity index (χ2n) is 5.51. The van der Waals surface area contributed by atoms with E-state index in [1.807, 2.05) is 19.9 Å². The summed E-state index contributed by atoms with van der Waals surface area (Å²) in [5, 5.41) is 3.37. The van der Waals surface area contributed by atoms with Gasteiger partial charge in [0, 0.05) is 13.1 Å². The predicted molar refractivity (Wildman–Crippen MR) is 71.9 cm³/mol. The first kappa shape index (κ1) is 13.1. The van der Waals surface area contributed by atoms with E-state index < -0.39 is 5.79 Å². The number of benzene rings is 1. The summed E-state index contributed by atoms with van der Waals surface area (Å²) in [4.78, 5) is 0. The van der Waals surface area contributed by atoms with Crippen molar-refractivity contribution in [1.82, 2.24) is 5.32 Å². The van der Waals surface area contributed by atoms with Crippen LogP contribution in [-0.2, 0) is 14.2 Å². The maximum atomic E-state index is 5.97. The highest BCUT2D eigenvalue weighted by Crippen LogP contribution is 2.36. The Morgan fingerprint density at radius 2 is 1.89 bits per heavy atom. The normalized spacial score (nSPS) is 30.4. The third kappa shape index (κ3) is 2.82. The van der Waals surface area contributed by atoms with Crippen molar-refractivity contribution in [2.75, 3.05) is 26.3 Å². The molecular formula is C15H21NO3. The molecule has 0 spiro atoms. The van der Waals surface area contributed by atoms with Gasteiger partial charge in [-0.2, -0.15) is 0 Å². The van der Waals surface area contributed by atoms with Crippen molar-refractivity contribution in [2.24, 2.45) is 0 Å². The number of hydrogen-bond donors (Lipinski definition) is 1. The zero-order chi connectivity index (χ0) is 13.3. The molecule has 0 bridgehead atoms. The van der Waals surface area contributed by atoms with E-state index in [0.29, 0.717) is 6.61 Å². The summed E-state index contributed by atoms with van der Waals surface area (Å²) in [6.07, 6.45) is 0.106.